The average Bonchev–Trinajstić information content (AvgIpc) is 2.81. The molecule has 0 amide bonds. The van der Waals surface area contributed by atoms with Crippen molar-refractivity contribution in [1.82, 2.24) is 0 Å². The van der Waals surface area contributed by atoms with Gasteiger partial charge in [0.25, 0.3) is 0 Å². The molecular weight excluding hydrogens is 404 g/mol. The van der Waals surface area contributed by atoms with Crippen molar-refractivity contribution in [3.63, 3.8) is 0 Å². The van der Waals surface area contributed by atoms with Gasteiger partial charge in [0.15, 0.2) is 0 Å². The number of carbonyl (C=O) groups excluding carboxylic acids is 2. The van der Waals surface area contributed by atoms with Crippen LogP contribution in [0, 0.1) is 0 Å². The molecule has 0 heterocycles. The minimum absolute atomic E-state index is 0.0602. The number of rotatable bonds is 21. The molecular formula is C27H44O5. The Morgan fingerprint density at radius 3 is 1.69 bits per heavy atom. The van der Waals surface area contributed by atoms with Gasteiger partial charge in [-0.05, 0) is 31.4 Å². The van der Waals surface area contributed by atoms with E-state index in [9.17, 15) is 9.59 Å². The third kappa shape index (κ3) is 17.6. The Kier molecular flexibility index (Phi) is 18.2. The summed E-state index contributed by atoms with van der Waals surface area (Å²) in [5, 5.41) is 0. The predicted molar refractivity (Wildman–Crippen MR) is 129 cm³/mol. The first-order valence-corrected chi connectivity index (χ1v) is 12.7. The maximum Gasteiger partial charge on any atom is 0.305 e. The molecule has 182 valence electrons. The molecule has 0 N–H and O–H groups in total. The minimum atomic E-state index is -0.162. The molecule has 0 spiro atoms. The SMILES string of the molecule is CCCCCCCCCOC(=O)CCCCCCCCC(=O)OCCOc1ccccc1. The Morgan fingerprint density at radius 1 is 0.594 bits per heavy atom. The van der Waals surface area contributed by atoms with E-state index in [0.717, 1.165) is 57.1 Å². The number of ether oxygens (including phenoxy) is 3. The number of carbonyl (C=O) groups is 2. The Morgan fingerprint density at radius 2 is 1.09 bits per heavy atom. The number of benzene rings is 1. The van der Waals surface area contributed by atoms with Gasteiger partial charge in [-0.2, -0.15) is 0 Å². The van der Waals surface area contributed by atoms with Crippen LogP contribution in [0.5, 0.6) is 5.75 Å². The fourth-order valence-corrected chi connectivity index (χ4v) is 3.47. The number of para-hydroxylation sites is 1. The van der Waals surface area contributed by atoms with Crippen LogP contribution < -0.4 is 4.74 Å². The zero-order valence-corrected chi connectivity index (χ0v) is 20.2. The fourth-order valence-electron chi connectivity index (χ4n) is 3.47. The van der Waals surface area contributed by atoms with Crippen molar-refractivity contribution in [2.75, 3.05) is 19.8 Å². The second-order valence-corrected chi connectivity index (χ2v) is 8.35. The lowest BCUT2D eigenvalue weighted by atomic mass is 10.1. The van der Waals surface area contributed by atoms with Crippen LogP contribution in [0.2, 0.25) is 0 Å². The molecule has 0 atom stereocenters. The van der Waals surface area contributed by atoms with Gasteiger partial charge in [0, 0.05) is 12.8 Å². The van der Waals surface area contributed by atoms with Crippen molar-refractivity contribution in [1.29, 1.82) is 0 Å². The number of unbranched alkanes of at least 4 members (excludes halogenated alkanes) is 11. The van der Waals surface area contributed by atoms with Gasteiger partial charge in [-0.15, -0.1) is 0 Å². The van der Waals surface area contributed by atoms with E-state index >= 15 is 0 Å². The van der Waals surface area contributed by atoms with Crippen LogP contribution >= 0.6 is 0 Å². The summed E-state index contributed by atoms with van der Waals surface area (Å²) in [6.45, 7) is 3.45. The third-order valence-corrected chi connectivity index (χ3v) is 5.38. The van der Waals surface area contributed by atoms with E-state index in [-0.39, 0.29) is 18.5 Å². The van der Waals surface area contributed by atoms with Gasteiger partial charge in [-0.1, -0.05) is 89.3 Å². The van der Waals surface area contributed by atoms with E-state index in [2.05, 4.69) is 6.92 Å². The van der Waals surface area contributed by atoms with Crippen LogP contribution in [0.25, 0.3) is 0 Å². The second-order valence-electron chi connectivity index (χ2n) is 8.35. The predicted octanol–water partition coefficient (Wildman–Crippen LogP) is 7.02. The smallest absolute Gasteiger partial charge is 0.305 e. The molecule has 0 aliphatic heterocycles. The maximum absolute atomic E-state index is 11.7. The summed E-state index contributed by atoms with van der Waals surface area (Å²) >= 11 is 0. The lowest BCUT2D eigenvalue weighted by Crippen LogP contribution is -2.11. The Hall–Kier alpha value is -2.04. The van der Waals surface area contributed by atoms with Gasteiger partial charge in [0.1, 0.15) is 19.0 Å². The maximum atomic E-state index is 11.7. The summed E-state index contributed by atoms with van der Waals surface area (Å²) in [6, 6.07) is 9.50. The highest BCUT2D eigenvalue weighted by Gasteiger charge is 2.04. The molecule has 0 saturated heterocycles. The topological polar surface area (TPSA) is 61.8 Å². The standard InChI is InChI=1S/C27H44O5/c1-2-3-4-5-8-11-17-22-31-26(28)20-15-9-6-7-10-16-21-27(29)32-24-23-30-25-18-13-12-14-19-25/h12-14,18-19H,2-11,15-17,20-24H2,1H3. The minimum Gasteiger partial charge on any atom is -0.490 e. The molecule has 0 saturated carbocycles. The van der Waals surface area contributed by atoms with Crippen LogP contribution in [0.3, 0.4) is 0 Å². The normalized spacial score (nSPS) is 10.7. The van der Waals surface area contributed by atoms with Crippen molar-refractivity contribution in [3.8, 4) is 5.75 Å². The van der Waals surface area contributed by atoms with Crippen molar-refractivity contribution in [2.24, 2.45) is 0 Å². The van der Waals surface area contributed by atoms with Crippen LogP contribution in [0.4, 0.5) is 0 Å². The molecule has 0 fully saturated rings. The fraction of sp³-hybridized carbons (Fsp3) is 0.704. The first kappa shape index (κ1) is 28.0. The Balaban J connectivity index is 1.80. The highest BCUT2D eigenvalue weighted by Crippen LogP contribution is 2.11. The molecule has 5 nitrogen and oxygen atoms in total. The number of hydrogen-bond acceptors (Lipinski definition) is 5. The molecule has 1 aromatic rings. The summed E-state index contributed by atoms with van der Waals surface area (Å²) in [4.78, 5) is 23.5. The van der Waals surface area contributed by atoms with Gasteiger partial charge in [0.05, 0.1) is 6.61 Å². The summed E-state index contributed by atoms with van der Waals surface area (Å²) in [7, 11) is 0. The summed E-state index contributed by atoms with van der Waals surface area (Å²) in [5.74, 6) is 0.560. The van der Waals surface area contributed by atoms with E-state index in [1.54, 1.807) is 0 Å². The molecule has 1 aromatic carbocycles. The van der Waals surface area contributed by atoms with Gasteiger partial charge in [0.2, 0.25) is 0 Å². The van der Waals surface area contributed by atoms with E-state index in [1.807, 2.05) is 30.3 Å². The van der Waals surface area contributed by atoms with Crippen LogP contribution in [-0.4, -0.2) is 31.8 Å². The zero-order valence-electron chi connectivity index (χ0n) is 20.2. The van der Waals surface area contributed by atoms with Gasteiger partial charge < -0.3 is 14.2 Å². The number of esters is 2. The first-order valence-electron chi connectivity index (χ1n) is 12.7. The van der Waals surface area contributed by atoms with Crippen LogP contribution in [0.15, 0.2) is 30.3 Å². The molecule has 32 heavy (non-hydrogen) atoms. The molecule has 0 bridgehead atoms. The quantitative estimate of drug-likeness (QED) is 0.149. The molecule has 0 aromatic heterocycles. The highest BCUT2D eigenvalue weighted by molar-refractivity contribution is 5.69. The second kappa shape index (κ2) is 20.8. The summed E-state index contributed by atoms with van der Waals surface area (Å²) in [6.07, 6.45) is 15.5. The lowest BCUT2D eigenvalue weighted by molar-refractivity contribution is -0.145. The molecule has 0 unspecified atom stereocenters. The van der Waals surface area contributed by atoms with Crippen LogP contribution in [0.1, 0.15) is 103 Å². The molecule has 0 radical (unpaired) electrons. The van der Waals surface area contributed by atoms with Crippen molar-refractivity contribution >= 4 is 11.9 Å². The lowest BCUT2D eigenvalue weighted by Gasteiger charge is -2.07. The largest absolute Gasteiger partial charge is 0.490 e. The monoisotopic (exact) mass is 448 g/mol. The highest BCUT2D eigenvalue weighted by atomic mass is 16.6. The van der Waals surface area contributed by atoms with Crippen molar-refractivity contribution < 1.29 is 23.8 Å². The van der Waals surface area contributed by atoms with Gasteiger partial charge in [-0.25, -0.2) is 0 Å². The van der Waals surface area contributed by atoms with Crippen molar-refractivity contribution in [3.05, 3.63) is 30.3 Å². The Bertz CT molecular complexity index is 573. The van der Waals surface area contributed by atoms with E-state index < -0.39 is 0 Å². The molecule has 1 rings (SSSR count). The summed E-state index contributed by atoms with van der Waals surface area (Å²) in [5.41, 5.74) is 0. The van der Waals surface area contributed by atoms with Crippen LogP contribution in [-0.2, 0) is 19.1 Å². The van der Waals surface area contributed by atoms with E-state index in [4.69, 9.17) is 14.2 Å². The first-order chi connectivity index (χ1) is 15.7. The van der Waals surface area contributed by atoms with E-state index in [1.165, 1.54) is 32.1 Å². The molecule has 5 heteroatoms. The Labute approximate surface area is 195 Å². The van der Waals surface area contributed by atoms with E-state index in [0.29, 0.717) is 26.1 Å². The van der Waals surface area contributed by atoms with Gasteiger partial charge >= 0.3 is 11.9 Å². The third-order valence-electron chi connectivity index (χ3n) is 5.38. The molecule has 0 aliphatic carbocycles. The molecule has 0 aliphatic rings. The average molecular weight is 449 g/mol. The zero-order chi connectivity index (χ0) is 23.1. The number of hydrogen-bond donors (Lipinski definition) is 0. The van der Waals surface area contributed by atoms with Gasteiger partial charge in [-0.3, -0.25) is 9.59 Å². The summed E-state index contributed by atoms with van der Waals surface area (Å²) < 4.78 is 16.0. The van der Waals surface area contributed by atoms with Crippen molar-refractivity contribution in [2.45, 2.75) is 103 Å².